The molecule has 0 unspecified atom stereocenters. The molecule has 0 saturated carbocycles. The van der Waals surface area contributed by atoms with E-state index in [4.69, 9.17) is 0 Å². The van der Waals surface area contributed by atoms with Crippen LogP contribution in [0.3, 0.4) is 0 Å². The van der Waals surface area contributed by atoms with Gasteiger partial charge >= 0.3 is 0 Å². The lowest BCUT2D eigenvalue weighted by atomic mass is 10.1. The van der Waals surface area contributed by atoms with Crippen molar-refractivity contribution in [3.05, 3.63) is 65.2 Å². The molecule has 0 bridgehead atoms. The highest BCUT2D eigenvalue weighted by Gasteiger charge is 1.98. The molecule has 1 N–H and O–H groups in total. The van der Waals surface area contributed by atoms with Crippen molar-refractivity contribution in [1.29, 1.82) is 0 Å². The fourth-order valence-electron chi connectivity index (χ4n) is 1.52. The highest BCUT2D eigenvalue weighted by atomic mass is 16.3. The van der Waals surface area contributed by atoms with Gasteiger partial charge in [-0.1, -0.05) is 48.6 Å². The number of carbonyl (C=O) groups is 1. The lowest BCUT2D eigenvalue weighted by Crippen LogP contribution is -1.81. The monoisotopic (exact) mass is 224 g/mol. The summed E-state index contributed by atoms with van der Waals surface area (Å²) in [6.07, 6.45) is 4.49. The largest absolute Gasteiger partial charge is 0.507 e. The summed E-state index contributed by atoms with van der Waals surface area (Å²) in [7, 11) is 0. The van der Waals surface area contributed by atoms with Gasteiger partial charge in [-0.05, 0) is 23.3 Å². The van der Waals surface area contributed by atoms with Crippen LogP contribution in [0.15, 0.2) is 48.5 Å². The van der Waals surface area contributed by atoms with Crippen LogP contribution in [0.25, 0.3) is 12.2 Å². The molecule has 0 fully saturated rings. The maximum atomic E-state index is 10.5. The fourth-order valence-corrected chi connectivity index (χ4v) is 1.52. The lowest BCUT2D eigenvalue weighted by Gasteiger charge is -1.98. The van der Waals surface area contributed by atoms with Crippen molar-refractivity contribution in [2.75, 3.05) is 0 Å². The second kappa shape index (κ2) is 5.12. The zero-order chi connectivity index (χ0) is 12.1. The molecule has 2 aromatic rings. The summed E-state index contributed by atoms with van der Waals surface area (Å²) in [4.78, 5) is 10.5. The summed E-state index contributed by atoms with van der Waals surface area (Å²) in [5.74, 6) is 0.00946. The predicted molar refractivity (Wildman–Crippen MR) is 68.9 cm³/mol. The van der Waals surface area contributed by atoms with Crippen molar-refractivity contribution in [1.82, 2.24) is 0 Å². The topological polar surface area (TPSA) is 37.3 Å². The second-order valence-corrected chi connectivity index (χ2v) is 3.68. The first-order valence-corrected chi connectivity index (χ1v) is 5.31. The van der Waals surface area contributed by atoms with Crippen LogP contribution in [0.4, 0.5) is 0 Å². The summed E-state index contributed by atoms with van der Waals surface area (Å²) < 4.78 is 0. The van der Waals surface area contributed by atoms with Crippen LogP contribution < -0.4 is 0 Å². The molecular weight excluding hydrogens is 212 g/mol. The van der Waals surface area contributed by atoms with E-state index >= 15 is 0 Å². The van der Waals surface area contributed by atoms with E-state index in [0.717, 1.165) is 11.1 Å². The fraction of sp³-hybridized carbons (Fsp3) is 0. The Bertz CT molecular complexity index is 542. The molecule has 17 heavy (non-hydrogen) atoms. The van der Waals surface area contributed by atoms with Crippen molar-refractivity contribution in [3.8, 4) is 5.75 Å². The van der Waals surface area contributed by atoms with Gasteiger partial charge in [0, 0.05) is 0 Å². The van der Waals surface area contributed by atoms with Gasteiger partial charge < -0.3 is 5.11 Å². The van der Waals surface area contributed by atoms with Crippen LogP contribution in [-0.4, -0.2) is 11.4 Å². The summed E-state index contributed by atoms with van der Waals surface area (Å²) in [6, 6.07) is 14.9. The molecule has 0 heterocycles. The molecule has 2 nitrogen and oxygen atoms in total. The van der Waals surface area contributed by atoms with E-state index in [1.165, 1.54) is 0 Å². The third-order valence-electron chi connectivity index (χ3n) is 2.45. The molecule has 0 aliphatic rings. The molecule has 0 atom stereocenters. The quantitative estimate of drug-likeness (QED) is 0.641. The van der Waals surface area contributed by atoms with Gasteiger partial charge in [0.25, 0.3) is 0 Å². The molecular formula is C15H12O2. The molecule has 0 aliphatic heterocycles. The molecule has 0 radical (unpaired) electrons. The summed E-state index contributed by atoms with van der Waals surface area (Å²) in [5.41, 5.74) is 2.25. The minimum atomic E-state index is 0.00946. The highest BCUT2D eigenvalue weighted by molar-refractivity contribution is 5.81. The molecule has 0 spiro atoms. The van der Waals surface area contributed by atoms with Gasteiger partial charge in [0.05, 0.1) is 5.56 Å². The minimum Gasteiger partial charge on any atom is -0.507 e. The zero-order valence-corrected chi connectivity index (χ0v) is 9.21. The zero-order valence-electron chi connectivity index (χ0n) is 9.21. The molecule has 0 saturated heterocycles. The number of phenols is 1. The third-order valence-corrected chi connectivity index (χ3v) is 2.45. The number of phenolic OH excluding ortho intramolecular Hbond substituents is 1. The number of rotatable bonds is 3. The van der Waals surface area contributed by atoms with Crippen LogP contribution in [0, 0.1) is 0 Å². The number of carbonyl (C=O) groups excluding carboxylic acids is 1. The Morgan fingerprint density at radius 3 is 2.24 bits per heavy atom. The van der Waals surface area contributed by atoms with E-state index in [2.05, 4.69) is 0 Å². The normalized spacial score (nSPS) is 10.6. The van der Waals surface area contributed by atoms with E-state index in [1.807, 2.05) is 42.5 Å². The first kappa shape index (κ1) is 11.1. The molecule has 2 aromatic carbocycles. The Morgan fingerprint density at radius 1 is 0.882 bits per heavy atom. The number of aromatic hydroxyl groups is 1. The Balaban J connectivity index is 2.22. The average Bonchev–Trinajstić information content (AvgIpc) is 2.38. The van der Waals surface area contributed by atoms with Crippen molar-refractivity contribution >= 4 is 18.4 Å². The standard InChI is InChI=1S/C15H12O2/c16-11-14-9-8-13(10-15(14)17)7-6-12-4-2-1-3-5-12/h1-11,17H/b7-6+. The Labute approximate surface area is 99.8 Å². The molecule has 0 aliphatic carbocycles. The molecule has 2 rings (SSSR count). The van der Waals surface area contributed by atoms with E-state index in [1.54, 1.807) is 18.2 Å². The summed E-state index contributed by atoms with van der Waals surface area (Å²) >= 11 is 0. The van der Waals surface area contributed by atoms with Crippen LogP contribution >= 0.6 is 0 Å². The lowest BCUT2D eigenvalue weighted by molar-refractivity contribution is 0.112. The van der Waals surface area contributed by atoms with E-state index in [9.17, 15) is 9.90 Å². The molecule has 2 heteroatoms. The molecule has 84 valence electrons. The van der Waals surface area contributed by atoms with Gasteiger partial charge in [0.15, 0.2) is 6.29 Å². The Kier molecular flexibility index (Phi) is 3.36. The van der Waals surface area contributed by atoms with Gasteiger partial charge in [0.1, 0.15) is 5.75 Å². The number of hydrogen-bond donors (Lipinski definition) is 1. The van der Waals surface area contributed by atoms with Gasteiger partial charge in [-0.15, -0.1) is 0 Å². The summed E-state index contributed by atoms with van der Waals surface area (Å²) in [5, 5.41) is 9.52. The first-order valence-electron chi connectivity index (χ1n) is 5.31. The second-order valence-electron chi connectivity index (χ2n) is 3.68. The van der Waals surface area contributed by atoms with Crippen molar-refractivity contribution in [2.45, 2.75) is 0 Å². The third kappa shape index (κ3) is 2.82. The predicted octanol–water partition coefficient (Wildman–Crippen LogP) is 3.38. The average molecular weight is 224 g/mol. The van der Waals surface area contributed by atoms with Crippen LogP contribution in [0.1, 0.15) is 21.5 Å². The van der Waals surface area contributed by atoms with E-state index < -0.39 is 0 Å². The SMILES string of the molecule is O=Cc1ccc(/C=C/c2ccccc2)cc1O. The molecule has 0 aromatic heterocycles. The van der Waals surface area contributed by atoms with Crippen LogP contribution in [-0.2, 0) is 0 Å². The first-order chi connectivity index (χ1) is 8.29. The van der Waals surface area contributed by atoms with Crippen molar-refractivity contribution in [2.24, 2.45) is 0 Å². The van der Waals surface area contributed by atoms with E-state index in [0.29, 0.717) is 11.8 Å². The van der Waals surface area contributed by atoms with Gasteiger partial charge in [0.2, 0.25) is 0 Å². The number of benzene rings is 2. The minimum absolute atomic E-state index is 0.00946. The molecule has 0 amide bonds. The van der Waals surface area contributed by atoms with Gasteiger partial charge in [-0.2, -0.15) is 0 Å². The Morgan fingerprint density at radius 2 is 1.59 bits per heavy atom. The van der Waals surface area contributed by atoms with Crippen molar-refractivity contribution in [3.63, 3.8) is 0 Å². The Hall–Kier alpha value is -2.35. The van der Waals surface area contributed by atoms with Crippen LogP contribution in [0.5, 0.6) is 5.75 Å². The summed E-state index contributed by atoms with van der Waals surface area (Å²) in [6.45, 7) is 0. The van der Waals surface area contributed by atoms with Crippen LogP contribution in [0.2, 0.25) is 0 Å². The number of hydrogen-bond acceptors (Lipinski definition) is 2. The number of aldehydes is 1. The van der Waals surface area contributed by atoms with Gasteiger partial charge in [-0.25, -0.2) is 0 Å². The highest BCUT2D eigenvalue weighted by Crippen LogP contribution is 2.18. The van der Waals surface area contributed by atoms with Gasteiger partial charge in [-0.3, -0.25) is 4.79 Å². The van der Waals surface area contributed by atoms with Crippen molar-refractivity contribution < 1.29 is 9.90 Å². The van der Waals surface area contributed by atoms with E-state index in [-0.39, 0.29) is 5.75 Å². The maximum absolute atomic E-state index is 10.5. The maximum Gasteiger partial charge on any atom is 0.153 e. The smallest absolute Gasteiger partial charge is 0.153 e.